The molecule has 0 aliphatic rings. The van der Waals surface area contributed by atoms with E-state index in [1.165, 1.54) is 23.5 Å². The topological polar surface area (TPSA) is 38.9 Å². The number of alkyl halides is 3. The highest BCUT2D eigenvalue weighted by atomic mass is 32.1. The van der Waals surface area contributed by atoms with E-state index >= 15 is 0 Å². The van der Waals surface area contributed by atoms with Crippen LogP contribution < -0.4 is 5.73 Å². The summed E-state index contributed by atoms with van der Waals surface area (Å²) in [5, 5.41) is 0. The number of nitrogens with two attached hydrogens (primary N) is 1. The van der Waals surface area contributed by atoms with Crippen LogP contribution >= 0.6 is 11.3 Å². The van der Waals surface area contributed by atoms with Crippen molar-refractivity contribution in [2.24, 2.45) is 5.73 Å². The molecule has 0 radical (unpaired) electrons. The molecule has 2 nitrogen and oxygen atoms in total. The van der Waals surface area contributed by atoms with Gasteiger partial charge in [0, 0.05) is 11.1 Å². The summed E-state index contributed by atoms with van der Waals surface area (Å²) in [6.45, 7) is 0. The highest BCUT2D eigenvalue weighted by Gasteiger charge is 2.30. The molecule has 0 spiro atoms. The predicted molar refractivity (Wildman–Crippen MR) is 59.6 cm³/mol. The van der Waals surface area contributed by atoms with Gasteiger partial charge in [0.2, 0.25) is 0 Å². The Morgan fingerprint density at radius 2 is 1.82 bits per heavy atom. The number of rotatable bonds is 2. The van der Waals surface area contributed by atoms with Gasteiger partial charge >= 0.3 is 6.18 Å². The average Bonchev–Trinajstić information content (AvgIpc) is 2.80. The Bertz CT molecular complexity index is 476. The molecule has 6 heteroatoms. The van der Waals surface area contributed by atoms with E-state index in [2.05, 4.69) is 4.98 Å². The molecule has 1 unspecified atom stereocenters. The largest absolute Gasteiger partial charge is 0.416 e. The summed E-state index contributed by atoms with van der Waals surface area (Å²) in [5.74, 6) is 0. The molecule has 1 heterocycles. The molecular formula is C11H9F3N2S. The third-order valence-electron chi connectivity index (χ3n) is 2.36. The van der Waals surface area contributed by atoms with Crippen LogP contribution in [0.15, 0.2) is 36.0 Å². The van der Waals surface area contributed by atoms with Gasteiger partial charge in [-0.3, -0.25) is 4.98 Å². The smallest absolute Gasteiger partial charge is 0.320 e. The van der Waals surface area contributed by atoms with Gasteiger partial charge in [-0.25, -0.2) is 0 Å². The second-order valence-electron chi connectivity index (χ2n) is 3.50. The van der Waals surface area contributed by atoms with Crippen molar-refractivity contribution in [3.8, 4) is 0 Å². The molecule has 0 fully saturated rings. The van der Waals surface area contributed by atoms with Crippen molar-refractivity contribution in [3.63, 3.8) is 0 Å². The Morgan fingerprint density at radius 1 is 1.18 bits per heavy atom. The Balaban J connectivity index is 2.24. The highest BCUT2D eigenvalue weighted by Crippen LogP contribution is 2.30. The Hall–Kier alpha value is -1.40. The van der Waals surface area contributed by atoms with E-state index in [0.717, 1.165) is 17.0 Å². The normalized spacial score (nSPS) is 13.6. The van der Waals surface area contributed by atoms with Crippen LogP contribution in [0.1, 0.15) is 22.0 Å². The molecule has 0 amide bonds. The lowest BCUT2D eigenvalue weighted by Crippen LogP contribution is -2.11. The third-order valence-corrected chi connectivity index (χ3v) is 3.21. The first-order chi connectivity index (χ1) is 7.98. The number of hydrogen-bond donors (Lipinski definition) is 1. The standard InChI is InChI=1S/C11H9F3N2S/c12-11(13,14)8-3-1-7(2-4-8)10(15)9-5-16-6-17-9/h1-6,10H,15H2. The number of benzene rings is 1. The fourth-order valence-corrected chi connectivity index (χ4v) is 2.07. The summed E-state index contributed by atoms with van der Waals surface area (Å²) in [7, 11) is 0. The van der Waals surface area contributed by atoms with Crippen LogP contribution in [0, 0.1) is 0 Å². The maximum atomic E-state index is 12.4. The van der Waals surface area contributed by atoms with Crippen LogP contribution in [0.3, 0.4) is 0 Å². The molecule has 1 aromatic carbocycles. The summed E-state index contributed by atoms with van der Waals surface area (Å²) in [5.41, 5.74) is 7.52. The molecule has 0 aliphatic carbocycles. The summed E-state index contributed by atoms with van der Waals surface area (Å²) in [6.07, 6.45) is -2.69. The van der Waals surface area contributed by atoms with Crippen LogP contribution in [-0.2, 0) is 6.18 Å². The van der Waals surface area contributed by atoms with E-state index in [4.69, 9.17) is 5.73 Å². The van der Waals surface area contributed by atoms with Crippen LogP contribution in [0.4, 0.5) is 13.2 Å². The third kappa shape index (κ3) is 2.65. The minimum atomic E-state index is -4.31. The van der Waals surface area contributed by atoms with E-state index in [9.17, 15) is 13.2 Å². The van der Waals surface area contributed by atoms with E-state index in [0.29, 0.717) is 5.56 Å². The summed E-state index contributed by atoms with van der Waals surface area (Å²) < 4.78 is 37.1. The Labute approximate surface area is 99.9 Å². The van der Waals surface area contributed by atoms with Gasteiger partial charge in [0.1, 0.15) is 0 Å². The van der Waals surface area contributed by atoms with E-state index in [1.54, 1.807) is 11.7 Å². The van der Waals surface area contributed by atoms with E-state index < -0.39 is 17.8 Å². The first kappa shape index (κ1) is 12.1. The maximum Gasteiger partial charge on any atom is 0.416 e. The number of hydrogen-bond acceptors (Lipinski definition) is 3. The Morgan fingerprint density at radius 3 is 2.29 bits per heavy atom. The second kappa shape index (κ2) is 4.46. The molecule has 0 aliphatic heterocycles. The molecule has 90 valence electrons. The monoisotopic (exact) mass is 258 g/mol. The SMILES string of the molecule is NC(c1ccc(C(F)(F)F)cc1)c1cncs1. The van der Waals surface area contributed by atoms with Crippen LogP contribution in [0.5, 0.6) is 0 Å². The minimum absolute atomic E-state index is 0.426. The fourth-order valence-electron chi connectivity index (χ4n) is 1.42. The maximum absolute atomic E-state index is 12.4. The summed E-state index contributed by atoms with van der Waals surface area (Å²) in [4.78, 5) is 4.71. The first-order valence-corrected chi connectivity index (χ1v) is 5.67. The zero-order chi connectivity index (χ0) is 12.5. The number of thiazole rings is 1. The molecule has 1 aromatic heterocycles. The van der Waals surface area contributed by atoms with Gasteiger partial charge in [-0.1, -0.05) is 12.1 Å². The van der Waals surface area contributed by atoms with Crippen LogP contribution in [0.2, 0.25) is 0 Å². The lowest BCUT2D eigenvalue weighted by molar-refractivity contribution is -0.137. The van der Waals surface area contributed by atoms with Crippen molar-refractivity contribution >= 4 is 11.3 Å². The summed E-state index contributed by atoms with van der Waals surface area (Å²) >= 11 is 1.38. The Kier molecular flexibility index (Phi) is 3.17. The van der Waals surface area contributed by atoms with Crippen molar-refractivity contribution in [1.29, 1.82) is 0 Å². The zero-order valence-electron chi connectivity index (χ0n) is 8.61. The molecule has 0 saturated carbocycles. The molecular weight excluding hydrogens is 249 g/mol. The number of halogens is 3. The zero-order valence-corrected chi connectivity index (χ0v) is 9.42. The fraction of sp³-hybridized carbons (Fsp3) is 0.182. The molecule has 2 N–H and O–H groups in total. The van der Waals surface area contributed by atoms with Gasteiger partial charge in [-0.2, -0.15) is 13.2 Å². The van der Waals surface area contributed by atoms with E-state index in [-0.39, 0.29) is 0 Å². The van der Waals surface area contributed by atoms with Gasteiger partial charge in [0.05, 0.1) is 17.1 Å². The van der Waals surface area contributed by atoms with Crippen molar-refractivity contribution < 1.29 is 13.2 Å². The van der Waals surface area contributed by atoms with Crippen molar-refractivity contribution in [3.05, 3.63) is 52.0 Å². The van der Waals surface area contributed by atoms with Gasteiger partial charge in [-0.05, 0) is 17.7 Å². The molecule has 0 saturated heterocycles. The lowest BCUT2D eigenvalue weighted by Gasteiger charge is -2.11. The van der Waals surface area contributed by atoms with Crippen molar-refractivity contribution in [2.45, 2.75) is 12.2 Å². The van der Waals surface area contributed by atoms with Gasteiger partial charge in [0.15, 0.2) is 0 Å². The molecule has 2 rings (SSSR count). The van der Waals surface area contributed by atoms with E-state index in [1.807, 2.05) is 0 Å². The van der Waals surface area contributed by atoms with Crippen LogP contribution in [0.25, 0.3) is 0 Å². The number of nitrogens with zero attached hydrogens (tertiary/aromatic N) is 1. The highest BCUT2D eigenvalue weighted by molar-refractivity contribution is 7.09. The van der Waals surface area contributed by atoms with Gasteiger partial charge < -0.3 is 5.73 Å². The molecule has 1 atom stereocenters. The van der Waals surface area contributed by atoms with Crippen molar-refractivity contribution in [2.75, 3.05) is 0 Å². The second-order valence-corrected chi connectivity index (χ2v) is 4.42. The minimum Gasteiger partial charge on any atom is -0.320 e. The quantitative estimate of drug-likeness (QED) is 0.898. The first-order valence-electron chi connectivity index (χ1n) is 4.79. The predicted octanol–water partition coefficient (Wildman–Crippen LogP) is 3.21. The van der Waals surface area contributed by atoms with Gasteiger partial charge in [-0.15, -0.1) is 11.3 Å². The van der Waals surface area contributed by atoms with Crippen LogP contribution in [-0.4, -0.2) is 4.98 Å². The summed E-state index contributed by atoms with van der Waals surface area (Å²) in [6, 6.07) is 4.44. The molecule has 17 heavy (non-hydrogen) atoms. The number of aromatic nitrogens is 1. The lowest BCUT2D eigenvalue weighted by atomic mass is 10.0. The van der Waals surface area contributed by atoms with Gasteiger partial charge in [0.25, 0.3) is 0 Å². The van der Waals surface area contributed by atoms with Crippen molar-refractivity contribution in [1.82, 2.24) is 4.98 Å². The molecule has 2 aromatic rings. The average molecular weight is 258 g/mol. The molecule has 0 bridgehead atoms.